The number of hydrogen-bond acceptors (Lipinski definition) is 6. The van der Waals surface area contributed by atoms with Crippen LogP contribution in [0.1, 0.15) is 22.5 Å². The van der Waals surface area contributed by atoms with Crippen LogP contribution in [0.15, 0.2) is 12.3 Å². The van der Waals surface area contributed by atoms with E-state index < -0.39 is 0 Å². The third-order valence-corrected chi connectivity index (χ3v) is 5.33. The highest BCUT2D eigenvalue weighted by molar-refractivity contribution is 7.21. The summed E-state index contributed by atoms with van der Waals surface area (Å²) in [6.45, 7) is 2.71. The van der Waals surface area contributed by atoms with Crippen LogP contribution in [0, 0.1) is 0 Å². The summed E-state index contributed by atoms with van der Waals surface area (Å²) in [5.41, 5.74) is 7.61. The first kappa shape index (κ1) is 12.8. The highest BCUT2D eigenvalue weighted by atomic mass is 32.1. The number of amides is 1. The average molecular weight is 303 g/mol. The Balaban J connectivity index is 1.89. The molecule has 1 unspecified atom stereocenters. The molecule has 4 rings (SSSR count). The van der Waals surface area contributed by atoms with E-state index in [1.54, 1.807) is 6.20 Å². The van der Waals surface area contributed by atoms with Crippen molar-refractivity contribution in [1.82, 2.24) is 10.3 Å². The van der Waals surface area contributed by atoms with Crippen LogP contribution >= 0.6 is 11.3 Å². The van der Waals surface area contributed by atoms with Gasteiger partial charge in [0.2, 0.25) is 0 Å². The molecule has 1 fully saturated rings. The van der Waals surface area contributed by atoms with Crippen LogP contribution in [-0.2, 0) is 0 Å². The zero-order chi connectivity index (χ0) is 14.4. The molecule has 0 radical (unpaired) electrons. The molecule has 1 saturated heterocycles. The number of nitrogens with one attached hydrogen (secondary N) is 2. The van der Waals surface area contributed by atoms with Gasteiger partial charge in [-0.25, -0.2) is 4.98 Å². The first-order valence-electron chi connectivity index (χ1n) is 7.18. The maximum Gasteiger partial charge on any atom is 0.261 e. The molecule has 6 nitrogen and oxygen atoms in total. The van der Waals surface area contributed by atoms with E-state index in [0.29, 0.717) is 17.6 Å². The second-order valence-corrected chi connectivity index (χ2v) is 6.49. The molecule has 0 bridgehead atoms. The first-order valence-corrected chi connectivity index (χ1v) is 8.00. The molecule has 0 spiro atoms. The van der Waals surface area contributed by atoms with Crippen molar-refractivity contribution in [3.8, 4) is 0 Å². The standard InChI is InChI=1S/C14H17N5OS/c15-13(20)12-11-10-9(3-5-17-14(10)21-12)18-7-19(11)8-2-1-4-16-6-8/h3,5,8,16,18H,1-2,4,6-7H2,(H2,15,20). The van der Waals surface area contributed by atoms with E-state index in [1.807, 2.05) is 6.07 Å². The largest absolute Gasteiger partial charge is 0.367 e. The molecule has 1 atom stereocenters. The Labute approximate surface area is 126 Å². The molecule has 2 aromatic heterocycles. The quantitative estimate of drug-likeness (QED) is 0.780. The Morgan fingerprint density at radius 3 is 3.19 bits per heavy atom. The van der Waals surface area contributed by atoms with Crippen LogP contribution in [0.25, 0.3) is 10.2 Å². The number of nitrogens with zero attached hydrogens (tertiary/aromatic N) is 2. The lowest BCUT2D eigenvalue weighted by Crippen LogP contribution is -2.49. The van der Waals surface area contributed by atoms with Gasteiger partial charge in [0.1, 0.15) is 9.71 Å². The van der Waals surface area contributed by atoms with Gasteiger partial charge in [0.05, 0.1) is 17.7 Å². The zero-order valence-corrected chi connectivity index (χ0v) is 12.4. The van der Waals surface area contributed by atoms with Gasteiger partial charge in [-0.15, -0.1) is 11.3 Å². The van der Waals surface area contributed by atoms with Gasteiger partial charge < -0.3 is 21.3 Å². The number of nitrogens with two attached hydrogens (primary N) is 1. The molecule has 110 valence electrons. The average Bonchev–Trinajstić information content (AvgIpc) is 2.91. The van der Waals surface area contributed by atoms with Crippen LogP contribution < -0.4 is 21.3 Å². The molecular weight excluding hydrogens is 286 g/mol. The highest BCUT2D eigenvalue weighted by Gasteiger charge is 2.32. The number of primary amides is 1. The molecular formula is C14H17N5OS. The Hall–Kier alpha value is -1.86. The monoisotopic (exact) mass is 303 g/mol. The van der Waals surface area contributed by atoms with E-state index in [-0.39, 0.29) is 5.91 Å². The summed E-state index contributed by atoms with van der Waals surface area (Å²) in [5.74, 6) is -0.366. The molecule has 0 aliphatic carbocycles. The van der Waals surface area contributed by atoms with Gasteiger partial charge in [0.15, 0.2) is 0 Å². The van der Waals surface area contributed by atoms with Crippen molar-refractivity contribution in [2.45, 2.75) is 18.9 Å². The van der Waals surface area contributed by atoms with Crippen molar-refractivity contribution in [1.29, 1.82) is 0 Å². The van der Waals surface area contributed by atoms with Crippen LogP contribution in [0.4, 0.5) is 11.4 Å². The fourth-order valence-corrected chi connectivity index (χ4v) is 4.29. The van der Waals surface area contributed by atoms with Gasteiger partial charge in [-0.2, -0.15) is 0 Å². The summed E-state index contributed by atoms with van der Waals surface area (Å²) in [4.78, 5) is 20.0. The van der Waals surface area contributed by atoms with Crippen LogP contribution in [-0.4, -0.2) is 36.7 Å². The van der Waals surface area contributed by atoms with Crippen LogP contribution in [0.5, 0.6) is 0 Å². The lowest BCUT2D eigenvalue weighted by atomic mass is 10.0. The minimum Gasteiger partial charge on any atom is -0.367 e. The zero-order valence-electron chi connectivity index (χ0n) is 11.6. The van der Waals surface area contributed by atoms with Gasteiger partial charge in [0.25, 0.3) is 5.91 Å². The highest BCUT2D eigenvalue weighted by Crippen LogP contribution is 2.44. The molecule has 4 N–H and O–H groups in total. The van der Waals surface area contributed by atoms with Gasteiger partial charge >= 0.3 is 0 Å². The van der Waals surface area contributed by atoms with Crippen molar-refractivity contribution in [3.63, 3.8) is 0 Å². The number of pyridine rings is 1. The molecule has 21 heavy (non-hydrogen) atoms. The first-order chi connectivity index (χ1) is 10.3. The molecule has 0 saturated carbocycles. The summed E-state index contributed by atoms with van der Waals surface area (Å²) in [6.07, 6.45) is 4.05. The number of carbonyl (C=O) groups excluding carboxylic acids is 1. The minimum atomic E-state index is -0.366. The number of aromatic nitrogens is 1. The van der Waals surface area contributed by atoms with E-state index >= 15 is 0 Å². The number of thiophene rings is 1. The maximum atomic E-state index is 11.9. The second kappa shape index (κ2) is 4.85. The molecule has 7 heteroatoms. The van der Waals surface area contributed by atoms with Gasteiger partial charge in [-0.05, 0) is 25.5 Å². The van der Waals surface area contributed by atoms with Crippen molar-refractivity contribution in [3.05, 3.63) is 17.1 Å². The fourth-order valence-electron chi connectivity index (χ4n) is 3.26. The predicted molar refractivity (Wildman–Crippen MR) is 85.0 cm³/mol. The third-order valence-electron chi connectivity index (χ3n) is 4.23. The molecule has 0 aromatic carbocycles. The smallest absolute Gasteiger partial charge is 0.261 e. The Bertz CT molecular complexity index is 707. The van der Waals surface area contributed by atoms with E-state index in [2.05, 4.69) is 20.5 Å². The fraction of sp³-hybridized carbons (Fsp3) is 0.429. The number of carbonyl (C=O) groups is 1. The number of hydrogen-bond donors (Lipinski definition) is 3. The van der Waals surface area contributed by atoms with Crippen LogP contribution in [0.2, 0.25) is 0 Å². The molecule has 2 aromatic rings. The van der Waals surface area contributed by atoms with Crippen molar-refractivity contribution < 1.29 is 4.79 Å². The summed E-state index contributed by atoms with van der Waals surface area (Å²) >= 11 is 1.39. The summed E-state index contributed by atoms with van der Waals surface area (Å²) in [7, 11) is 0. The molecule has 2 aliphatic rings. The number of rotatable bonds is 2. The summed E-state index contributed by atoms with van der Waals surface area (Å²) < 4.78 is 0. The molecule has 1 amide bonds. The Kier molecular flexibility index (Phi) is 2.97. The topological polar surface area (TPSA) is 83.3 Å². The Morgan fingerprint density at radius 1 is 1.52 bits per heavy atom. The van der Waals surface area contributed by atoms with Gasteiger partial charge in [-0.1, -0.05) is 0 Å². The molecule has 2 aliphatic heterocycles. The van der Waals surface area contributed by atoms with Crippen molar-refractivity contribution >= 4 is 38.8 Å². The summed E-state index contributed by atoms with van der Waals surface area (Å²) in [6, 6.07) is 2.34. The second-order valence-electron chi connectivity index (χ2n) is 5.49. The maximum absolute atomic E-state index is 11.9. The minimum absolute atomic E-state index is 0.366. The lowest BCUT2D eigenvalue weighted by molar-refractivity contribution is 0.100. The normalized spacial score (nSPS) is 21.3. The van der Waals surface area contributed by atoms with Crippen LogP contribution in [0.3, 0.4) is 0 Å². The Morgan fingerprint density at radius 2 is 2.43 bits per heavy atom. The number of piperidine rings is 1. The SMILES string of the molecule is NC(=O)c1sc2nccc3c2c1N(C1CCCNC1)CN3. The molecule has 4 heterocycles. The third kappa shape index (κ3) is 1.96. The van der Waals surface area contributed by atoms with E-state index in [9.17, 15) is 4.79 Å². The van der Waals surface area contributed by atoms with Crippen molar-refractivity contribution in [2.75, 3.05) is 30.0 Å². The van der Waals surface area contributed by atoms with E-state index in [0.717, 1.165) is 47.5 Å². The van der Waals surface area contributed by atoms with Gasteiger partial charge in [0, 0.05) is 24.5 Å². The predicted octanol–water partition coefficient (Wildman–Crippen LogP) is 1.34. The summed E-state index contributed by atoms with van der Waals surface area (Å²) in [5, 5.41) is 7.91. The van der Waals surface area contributed by atoms with Crippen molar-refractivity contribution in [2.24, 2.45) is 5.73 Å². The van der Waals surface area contributed by atoms with E-state index in [4.69, 9.17) is 5.73 Å². The number of anilines is 2. The van der Waals surface area contributed by atoms with E-state index in [1.165, 1.54) is 11.3 Å². The van der Waals surface area contributed by atoms with Gasteiger partial charge in [-0.3, -0.25) is 4.79 Å². The lowest BCUT2D eigenvalue weighted by Gasteiger charge is -2.39.